The van der Waals surface area contributed by atoms with E-state index in [-0.39, 0.29) is 19.1 Å². The first-order valence-electron chi connectivity index (χ1n) is 5.13. The van der Waals surface area contributed by atoms with Crippen LogP contribution < -0.4 is 0 Å². The summed E-state index contributed by atoms with van der Waals surface area (Å²) in [6.07, 6.45) is -0.938. The van der Waals surface area contributed by atoms with Gasteiger partial charge < -0.3 is 14.7 Å². The molecule has 1 amide bonds. The monoisotopic (exact) mass is 256 g/mol. The van der Waals surface area contributed by atoms with Gasteiger partial charge in [-0.3, -0.25) is 4.79 Å². The van der Waals surface area contributed by atoms with E-state index in [1.165, 1.54) is 16.2 Å². The molecule has 1 aliphatic rings. The van der Waals surface area contributed by atoms with Gasteiger partial charge in [0.25, 0.3) is 5.91 Å². The Morgan fingerprint density at radius 3 is 3.00 bits per heavy atom. The molecule has 1 N–H and O–H groups in total. The van der Waals surface area contributed by atoms with Gasteiger partial charge in [-0.25, -0.2) is 9.78 Å². The van der Waals surface area contributed by atoms with E-state index in [0.29, 0.717) is 12.2 Å². The van der Waals surface area contributed by atoms with Gasteiger partial charge in [-0.2, -0.15) is 0 Å². The highest BCUT2D eigenvalue weighted by atomic mass is 32.1. The molecule has 1 aromatic rings. The van der Waals surface area contributed by atoms with Crippen LogP contribution in [0.2, 0.25) is 0 Å². The predicted molar refractivity (Wildman–Crippen MR) is 60.1 cm³/mol. The molecule has 1 aromatic heterocycles. The summed E-state index contributed by atoms with van der Waals surface area (Å²) in [6.45, 7) is 2.54. The Morgan fingerprint density at radius 2 is 2.41 bits per heavy atom. The fourth-order valence-corrected chi connectivity index (χ4v) is 2.19. The summed E-state index contributed by atoms with van der Waals surface area (Å²) in [5.41, 5.74) is 0.374. The van der Waals surface area contributed by atoms with Crippen LogP contribution in [0.4, 0.5) is 0 Å². The Labute approximate surface area is 102 Å². The first kappa shape index (κ1) is 12.0. The topological polar surface area (TPSA) is 79.7 Å². The molecular formula is C10H12N2O4S. The van der Waals surface area contributed by atoms with Gasteiger partial charge in [-0.05, 0) is 6.92 Å². The quantitative estimate of drug-likeness (QED) is 0.827. The van der Waals surface area contributed by atoms with Gasteiger partial charge in [-0.1, -0.05) is 0 Å². The van der Waals surface area contributed by atoms with Crippen molar-refractivity contribution in [2.75, 3.05) is 19.7 Å². The normalized spacial score (nSPS) is 20.3. The van der Waals surface area contributed by atoms with Crippen LogP contribution in [-0.2, 0) is 9.53 Å². The molecule has 1 saturated heterocycles. The van der Waals surface area contributed by atoms with Crippen molar-refractivity contribution in [2.24, 2.45) is 0 Å². The minimum absolute atomic E-state index is 0.0741. The summed E-state index contributed by atoms with van der Waals surface area (Å²) in [5.74, 6) is -1.28. The van der Waals surface area contributed by atoms with Crippen LogP contribution in [0.25, 0.3) is 0 Å². The fraction of sp³-hybridized carbons (Fsp3) is 0.500. The predicted octanol–water partition coefficient (Wildman–Crippen LogP) is 0.377. The second-order valence-electron chi connectivity index (χ2n) is 3.70. The Hall–Kier alpha value is -1.47. The average Bonchev–Trinajstić information content (AvgIpc) is 2.75. The molecule has 2 rings (SSSR count). The molecule has 7 heteroatoms. The summed E-state index contributed by atoms with van der Waals surface area (Å²) < 4.78 is 5.05. The van der Waals surface area contributed by atoms with E-state index in [2.05, 4.69) is 4.98 Å². The number of carbonyl (C=O) groups is 2. The van der Waals surface area contributed by atoms with E-state index < -0.39 is 12.1 Å². The molecule has 92 valence electrons. The standard InChI is InChI=1S/C10H12N2O4S/c1-6-11-7(5-17-6)9(13)12-2-3-16-8(4-12)10(14)15/h5,8H,2-4H2,1H3,(H,14,15)/t8-/m0/s1. The molecule has 1 aliphatic heterocycles. The van der Waals surface area contributed by atoms with Crippen molar-refractivity contribution in [1.29, 1.82) is 0 Å². The number of amides is 1. The fourth-order valence-electron chi connectivity index (χ4n) is 1.61. The maximum absolute atomic E-state index is 12.0. The third kappa shape index (κ3) is 2.62. The van der Waals surface area contributed by atoms with Crippen LogP contribution in [0.15, 0.2) is 5.38 Å². The molecule has 0 unspecified atom stereocenters. The second-order valence-corrected chi connectivity index (χ2v) is 4.76. The highest BCUT2D eigenvalue weighted by Crippen LogP contribution is 2.13. The van der Waals surface area contributed by atoms with Gasteiger partial charge in [0.1, 0.15) is 5.69 Å². The van der Waals surface area contributed by atoms with E-state index >= 15 is 0 Å². The van der Waals surface area contributed by atoms with E-state index in [1.807, 2.05) is 6.92 Å². The lowest BCUT2D eigenvalue weighted by molar-refractivity contribution is -0.154. The van der Waals surface area contributed by atoms with Crippen LogP contribution >= 0.6 is 11.3 Å². The first-order chi connectivity index (χ1) is 8.08. The number of ether oxygens (including phenoxy) is 1. The van der Waals surface area contributed by atoms with Gasteiger partial charge >= 0.3 is 5.97 Å². The molecule has 0 spiro atoms. The number of thiazole rings is 1. The van der Waals surface area contributed by atoms with Gasteiger partial charge in [0.15, 0.2) is 6.10 Å². The number of aromatic nitrogens is 1. The third-order valence-electron chi connectivity index (χ3n) is 2.47. The molecule has 17 heavy (non-hydrogen) atoms. The van der Waals surface area contributed by atoms with E-state index in [1.54, 1.807) is 5.38 Å². The number of aryl methyl sites for hydroxylation is 1. The second kappa shape index (κ2) is 4.80. The molecule has 6 nitrogen and oxygen atoms in total. The Morgan fingerprint density at radius 1 is 1.65 bits per heavy atom. The number of aliphatic carboxylic acids is 1. The lowest BCUT2D eigenvalue weighted by atomic mass is 10.2. The smallest absolute Gasteiger partial charge is 0.334 e. The highest BCUT2D eigenvalue weighted by Gasteiger charge is 2.30. The van der Waals surface area contributed by atoms with Gasteiger partial charge in [-0.15, -0.1) is 11.3 Å². The molecule has 0 saturated carbocycles. The van der Waals surface area contributed by atoms with Crippen molar-refractivity contribution in [3.8, 4) is 0 Å². The zero-order chi connectivity index (χ0) is 12.4. The molecular weight excluding hydrogens is 244 g/mol. The summed E-state index contributed by atoms with van der Waals surface area (Å²) >= 11 is 1.40. The SMILES string of the molecule is Cc1nc(C(=O)N2CCO[C@H](C(=O)O)C2)cs1. The van der Waals surface area contributed by atoms with E-state index in [4.69, 9.17) is 9.84 Å². The third-order valence-corrected chi connectivity index (χ3v) is 3.24. The number of hydrogen-bond donors (Lipinski definition) is 1. The Bertz CT molecular complexity index is 445. The molecule has 1 fully saturated rings. The van der Waals surface area contributed by atoms with E-state index in [9.17, 15) is 9.59 Å². The van der Waals surface area contributed by atoms with Crippen LogP contribution in [-0.4, -0.2) is 52.7 Å². The van der Waals surface area contributed by atoms with Crippen molar-refractivity contribution < 1.29 is 19.4 Å². The van der Waals surface area contributed by atoms with Crippen LogP contribution in [0.1, 0.15) is 15.5 Å². The molecule has 1 atom stereocenters. The van der Waals surface area contributed by atoms with Crippen molar-refractivity contribution in [1.82, 2.24) is 9.88 Å². The number of rotatable bonds is 2. The number of morpholine rings is 1. The van der Waals surface area contributed by atoms with Crippen molar-refractivity contribution in [2.45, 2.75) is 13.0 Å². The zero-order valence-electron chi connectivity index (χ0n) is 9.25. The number of nitrogens with zero attached hydrogens (tertiary/aromatic N) is 2. The highest BCUT2D eigenvalue weighted by molar-refractivity contribution is 7.09. The first-order valence-corrected chi connectivity index (χ1v) is 6.01. The molecule has 0 radical (unpaired) electrons. The number of carboxylic acids is 1. The molecule has 0 aliphatic carbocycles. The summed E-state index contributed by atoms with van der Waals surface area (Å²) in [4.78, 5) is 28.4. The van der Waals surface area contributed by atoms with Crippen LogP contribution in [0, 0.1) is 6.92 Å². The molecule has 0 aromatic carbocycles. The van der Waals surface area contributed by atoms with Gasteiger partial charge in [0.2, 0.25) is 0 Å². The van der Waals surface area contributed by atoms with Crippen LogP contribution in [0.5, 0.6) is 0 Å². The maximum atomic E-state index is 12.0. The zero-order valence-corrected chi connectivity index (χ0v) is 10.1. The lowest BCUT2D eigenvalue weighted by Crippen LogP contribution is -2.48. The van der Waals surface area contributed by atoms with Gasteiger partial charge in [0.05, 0.1) is 18.2 Å². The van der Waals surface area contributed by atoms with Gasteiger partial charge in [0, 0.05) is 11.9 Å². The maximum Gasteiger partial charge on any atom is 0.334 e. The minimum atomic E-state index is -1.04. The summed E-state index contributed by atoms with van der Waals surface area (Å²) in [7, 11) is 0. The Kier molecular flexibility index (Phi) is 3.39. The van der Waals surface area contributed by atoms with Crippen molar-refractivity contribution >= 4 is 23.2 Å². The average molecular weight is 256 g/mol. The molecule has 2 heterocycles. The van der Waals surface area contributed by atoms with Crippen molar-refractivity contribution in [3.63, 3.8) is 0 Å². The van der Waals surface area contributed by atoms with Crippen molar-refractivity contribution in [3.05, 3.63) is 16.1 Å². The summed E-state index contributed by atoms with van der Waals surface area (Å²) in [6, 6.07) is 0. The number of carbonyl (C=O) groups excluding carboxylic acids is 1. The van der Waals surface area contributed by atoms with E-state index in [0.717, 1.165) is 5.01 Å². The number of carboxylic acid groups (broad SMARTS) is 1. The number of hydrogen-bond acceptors (Lipinski definition) is 5. The largest absolute Gasteiger partial charge is 0.479 e. The summed E-state index contributed by atoms with van der Waals surface area (Å²) in [5, 5.41) is 11.3. The molecule has 0 bridgehead atoms. The van der Waals surface area contributed by atoms with Crippen LogP contribution in [0.3, 0.4) is 0 Å². The Balaban J connectivity index is 2.07. The minimum Gasteiger partial charge on any atom is -0.479 e. The lowest BCUT2D eigenvalue weighted by Gasteiger charge is -2.30.